The van der Waals surface area contributed by atoms with Crippen LogP contribution in [-0.4, -0.2) is 11.9 Å². The second-order valence-electron chi connectivity index (χ2n) is 4.66. The monoisotopic (exact) mass is 217 g/mol. The molecule has 0 bridgehead atoms. The lowest BCUT2D eigenvalue weighted by Gasteiger charge is -2.34. The van der Waals surface area contributed by atoms with Crippen LogP contribution in [0.3, 0.4) is 0 Å². The first-order valence-electron chi connectivity index (χ1n) is 6.07. The molecule has 0 unspecified atom stereocenters. The van der Waals surface area contributed by atoms with Gasteiger partial charge in [0.05, 0.1) is 0 Å². The van der Waals surface area contributed by atoms with Gasteiger partial charge in [-0.2, -0.15) is 0 Å². The highest BCUT2D eigenvalue weighted by atomic mass is 16.2. The zero-order valence-electron chi connectivity index (χ0n) is 9.94. The van der Waals surface area contributed by atoms with Crippen molar-refractivity contribution in [3.05, 3.63) is 35.9 Å². The van der Waals surface area contributed by atoms with Crippen molar-refractivity contribution in [3.8, 4) is 0 Å². The number of piperidine rings is 1. The van der Waals surface area contributed by atoms with Crippen LogP contribution < -0.4 is 5.32 Å². The van der Waals surface area contributed by atoms with E-state index in [4.69, 9.17) is 0 Å². The van der Waals surface area contributed by atoms with E-state index in [1.807, 2.05) is 6.07 Å². The molecule has 1 aromatic carbocycles. The van der Waals surface area contributed by atoms with E-state index in [2.05, 4.69) is 43.4 Å². The zero-order valence-corrected chi connectivity index (χ0v) is 9.94. The van der Waals surface area contributed by atoms with E-state index in [-0.39, 0.29) is 17.9 Å². The van der Waals surface area contributed by atoms with Gasteiger partial charge in [0, 0.05) is 17.9 Å². The van der Waals surface area contributed by atoms with Crippen molar-refractivity contribution >= 4 is 5.91 Å². The van der Waals surface area contributed by atoms with E-state index in [1.54, 1.807) is 0 Å². The van der Waals surface area contributed by atoms with Gasteiger partial charge in [0.15, 0.2) is 0 Å². The zero-order chi connectivity index (χ0) is 11.5. The largest absolute Gasteiger partial charge is 0.353 e. The van der Waals surface area contributed by atoms with Crippen LogP contribution in [0.4, 0.5) is 0 Å². The molecule has 2 heteroatoms. The van der Waals surface area contributed by atoms with Crippen molar-refractivity contribution in [3.63, 3.8) is 0 Å². The lowest BCUT2D eigenvalue weighted by molar-refractivity contribution is -0.128. The Bertz CT molecular complexity index is 360. The van der Waals surface area contributed by atoms with Gasteiger partial charge in [-0.3, -0.25) is 4.79 Å². The van der Waals surface area contributed by atoms with Gasteiger partial charge in [0.25, 0.3) is 0 Å². The predicted molar refractivity (Wildman–Crippen MR) is 65.2 cm³/mol. The highest BCUT2D eigenvalue weighted by Gasteiger charge is 2.32. The fourth-order valence-electron chi connectivity index (χ4n) is 2.54. The molecule has 16 heavy (non-hydrogen) atoms. The average Bonchev–Trinajstić information content (AvgIpc) is 2.30. The molecule has 0 spiro atoms. The van der Waals surface area contributed by atoms with E-state index < -0.39 is 0 Å². The van der Waals surface area contributed by atoms with Gasteiger partial charge in [0.1, 0.15) is 0 Å². The Labute approximate surface area is 97.1 Å². The highest BCUT2D eigenvalue weighted by molar-refractivity contribution is 5.80. The van der Waals surface area contributed by atoms with E-state index >= 15 is 0 Å². The number of carbonyl (C=O) groups is 1. The summed E-state index contributed by atoms with van der Waals surface area (Å²) < 4.78 is 0. The number of carbonyl (C=O) groups excluding carboxylic acids is 1. The summed E-state index contributed by atoms with van der Waals surface area (Å²) in [6, 6.07) is 10.7. The highest BCUT2D eigenvalue weighted by Crippen LogP contribution is 2.32. The number of benzene rings is 1. The van der Waals surface area contributed by atoms with Crippen molar-refractivity contribution in [2.45, 2.75) is 38.6 Å². The molecule has 86 valence electrons. The second-order valence-corrected chi connectivity index (χ2v) is 4.66. The van der Waals surface area contributed by atoms with E-state index in [0.29, 0.717) is 5.92 Å². The average molecular weight is 217 g/mol. The maximum atomic E-state index is 11.7. The van der Waals surface area contributed by atoms with Gasteiger partial charge in [0.2, 0.25) is 5.91 Å². The quantitative estimate of drug-likeness (QED) is 0.810. The molecule has 1 heterocycles. The summed E-state index contributed by atoms with van der Waals surface area (Å²) in [4.78, 5) is 11.7. The molecule has 0 aliphatic carbocycles. The molecule has 3 atom stereocenters. The van der Waals surface area contributed by atoms with Gasteiger partial charge >= 0.3 is 0 Å². The topological polar surface area (TPSA) is 29.1 Å². The maximum absolute atomic E-state index is 11.7. The molecule has 1 aliphatic rings. The third-order valence-electron chi connectivity index (χ3n) is 3.60. The van der Waals surface area contributed by atoms with E-state index in [0.717, 1.165) is 12.8 Å². The van der Waals surface area contributed by atoms with Crippen LogP contribution in [0.1, 0.15) is 38.2 Å². The lowest BCUT2D eigenvalue weighted by Crippen LogP contribution is -2.46. The third kappa shape index (κ3) is 2.11. The van der Waals surface area contributed by atoms with Crippen molar-refractivity contribution in [2.75, 3.05) is 0 Å². The van der Waals surface area contributed by atoms with Crippen LogP contribution in [0.2, 0.25) is 0 Å². The molecule has 1 amide bonds. The summed E-state index contributed by atoms with van der Waals surface area (Å²) >= 11 is 0. The maximum Gasteiger partial charge on any atom is 0.223 e. The third-order valence-corrected chi connectivity index (χ3v) is 3.60. The minimum Gasteiger partial charge on any atom is -0.353 e. The van der Waals surface area contributed by atoms with Crippen LogP contribution in [0.5, 0.6) is 0 Å². The number of rotatable bonds is 2. The van der Waals surface area contributed by atoms with E-state index in [9.17, 15) is 4.79 Å². The van der Waals surface area contributed by atoms with Crippen molar-refractivity contribution in [1.29, 1.82) is 0 Å². The Hall–Kier alpha value is -1.31. The standard InChI is InChI=1S/C14H19NO/c1-3-11-9-13(10(2)15-14(11)16)12-7-5-4-6-8-12/h4-8,10-11,13H,3,9H2,1-2H3,(H,15,16)/t10-,11+,13+/m1/s1. The summed E-state index contributed by atoms with van der Waals surface area (Å²) in [7, 11) is 0. The fraction of sp³-hybridized carbons (Fsp3) is 0.500. The first-order valence-corrected chi connectivity index (χ1v) is 6.07. The summed E-state index contributed by atoms with van der Waals surface area (Å²) in [6.45, 7) is 4.18. The Balaban J connectivity index is 2.18. The lowest BCUT2D eigenvalue weighted by atomic mass is 9.79. The molecule has 2 rings (SSSR count). The summed E-state index contributed by atoms with van der Waals surface area (Å²) in [5.74, 6) is 0.868. The molecule has 1 aliphatic heterocycles. The Morgan fingerprint density at radius 1 is 1.31 bits per heavy atom. The van der Waals surface area contributed by atoms with Gasteiger partial charge in [-0.25, -0.2) is 0 Å². The Morgan fingerprint density at radius 3 is 2.62 bits per heavy atom. The molecule has 1 N–H and O–H groups in total. The van der Waals surface area contributed by atoms with Gasteiger partial charge in [-0.15, -0.1) is 0 Å². The normalized spacial score (nSPS) is 29.9. The number of hydrogen-bond acceptors (Lipinski definition) is 1. The van der Waals surface area contributed by atoms with Gasteiger partial charge in [-0.05, 0) is 25.3 Å². The fourth-order valence-corrected chi connectivity index (χ4v) is 2.54. The molecule has 1 saturated heterocycles. The van der Waals surface area contributed by atoms with Crippen LogP contribution in [0.25, 0.3) is 0 Å². The first kappa shape index (κ1) is 11.2. The SMILES string of the molecule is CC[C@H]1C[C@H](c2ccccc2)[C@@H](C)NC1=O. The number of hydrogen-bond donors (Lipinski definition) is 1. The number of nitrogens with one attached hydrogen (secondary N) is 1. The first-order chi connectivity index (χ1) is 7.72. The smallest absolute Gasteiger partial charge is 0.223 e. The Kier molecular flexibility index (Phi) is 3.28. The minimum atomic E-state index is 0.182. The molecule has 0 saturated carbocycles. The number of amides is 1. The van der Waals surface area contributed by atoms with Crippen molar-refractivity contribution < 1.29 is 4.79 Å². The van der Waals surface area contributed by atoms with Crippen LogP contribution in [-0.2, 0) is 4.79 Å². The summed E-state index contributed by atoms with van der Waals surface area (Å²) in [5, 5.41) is 3.09. The summed E-state index contributed by atoms with van der Waals surface area (Å²) in [6.07, 6.45) is 1.91. The molecule has 0 aromatic heterocycles. The molecule has 2 nitrogen and oxygen atoms in total. The molecule has 1 aromatic rings. The molecule has 1 fully saturated rings. The Morgan fingerprint density at radius 2 is 2.00 bits per heavy atom. The van der Waals surface area contributed by atoms with Crippen LogP contribution >= 0.6 is 0 Å². The second kappa shape index (κ2) is 4.69. The van der Waals surface area contributed by atoms with E-state index in [1.165, 1.54) is 5.56 Å². The predicted octanol–water partition coefficient (Wildman–Crippen LogP) is 2.70. The molecule has 0 radical (unpaired) electrons. The van der Waals surface area contributed by atoms with Crippen molar-refractivity contribution in [2.24, 2.45) is 5.92 Å². The van der Waals surface area contributed by atoms with Crippen molar-refractivity contribution in [1.82, 2.24) is 5.32 Å². The summed E-state index contributed by atoms with van der Waals surface area (Å²) in [5.41, 5.74) is 1.34. The van der Waals surface area contributed by atoms with Crippen LogP contribution in [0, 0.1) is 5.92 Å². The van der Waals surface area contributed by atoms with Gasteiger partial charge in [-0.1, -0.05) is 37.3 Å². The van der Waals surface area contributed by atoms with Crippen LogP contribution in [0.15, 0.2) is 30.3 Å². The molecular formula is C14H19NO. The minimum absolute atomic E-state index is 0.182. The molecular weight excluding hydrogens is 198 g/mol. The van der Waals surface area contributed by atoms with Gasteiger partial charge < -0.3 is 5.32 Å².